The van der Waals surface area contributed by atoms with E-state index in [9.17, 15) is 0 Å². The van der Waals surface area contributed by atoms with Crippen LogP contribution in [0.1, 0.15) is 31.9 Å². The van der Waals surface area contributed by atoms with Crippen LogP contribution >= 0.6 is 0 Å². The van der Waals surface area contributed by atoms with Crippen LogP contribution in [-0.2, 0) is 6.42 Å². The molecule has 0 aliphatic heterocycles. The molecule has 1 heterocycles. The Balaban J connectivity index is 2.40. The molecular weight excluding hydrogens is 222 g/mol. The van der Waals surface area contributed by atoms with Gasteiger partial charge in [-0.1, -0.05) is 24.3 Å². The fourth-order valence-corrected chi connectivity index (χ4v) is 2.21. The maximum absolute atomic E-state index is 5.61. The van der Waals surface area contributed by atoms with Crippen LogP contribution in [0.4, 0.5) is 0 Å². The molecule has 0 bridgehead atoms. The molecule has 3 nitrogen and oxygen atoms in total. The summed E-state index contributed by atoms with van der Waals surface area (Å²) >= 11 is 0. The molecule has 0 aliphatic rings. The summed E-state index contributed by atoms with van der Waals surface area (Å²) in [4.78, 5) is 4.28. The van der Waals surface area contributed by atoms with Crippen LogP contribution in [0.25, 0.3) is 11.3 Å². The first-order chi connectivity index (χ1) is 8.74. The van der Waals surface area contributed by atoms with Crippen LogP contribution in [-0.4, -0.2) is 16.1 Å². The zero-order valence-corrected chi connectivity index (χ0v) is 11.1. The van der Waals surface area contributed by atoms with E-state index >= 15 is 0 Å². The Morgan fingerprint density at radius 1 is 1.28 bits per heavy atom. The number of aromatic nitrogens is 2. The molecule has 0 aliphatic carbocycles. The summed E-state index contributed by atoms with van der Waals surface area (Å²) < 4.78 is 2.21. The lowest BCUT2D eigenvalue weighted by Gasteiger charge is -2.14. The summed E-state index contributed by atoms with van der Waals surface area (Å²) in [6.45, 7) is 5.08. The zero-order chi connectivity index (χ0) is 13.0. The lowest BCUT2D eigenvalue weighted by atomic mass is 10.0. The minimum atomic E-state index is 0.421. The summed E-state index contributed by atoms with van der Waals surface area (Å²) in [6, 6.07) is 8.94. The lowest BCUT2D eigenvalue weighted by molar-refractivity contribution is 0.605. The van der Waals surface area contributed by atoms with Crippen molar-refractivity contribution in [3.63, 3.8) is 0 Å². The molecular formula is C15H21N3. The Morgan fingerprint density at radius 3 is 2.78 bits per heavy atom. The Labute approximate surface area is 109 Å². The third kappa shape index (κ3) is 2.62. The average molecular weight is 243 g/mol. The molecule has 2 aromatic rings. The SMILES string of the molecule is CC(C)n1cncc1-c1ccccc1CCCN. The monoisotopic (exact) mass is 243 g/mol. The maximum atomic E-state index is 5.61. The lowest BCUT2D eigenvalue weighted by Crippen LogP contribution is -2.04. The molecule has 0 saturated carbocycles. The number of benzene rings is 1. The highest BCUT2D eigenvalue weighted by molar-refractivity contribution is 5.63. The van der Waals surface area contributed by atoms with Gasteiger partial charge in [0.15, 0.2) is 0 Å². The van der Waals surface area contributed by atoms with Gasteiger partial charge < -0.3 is 10.3 Å². The number of nitrogens with two attached hydrogens (primary N) is 1. The van der Waals surface area contributed by atoms with Crippen molar-refractivity contribution in [1.29, 1.82) is 0 Å². The fraction of sp³-hybridized carbons (Fsp3) is 0.400. The van der Waals surface area contributed by atoms with Crippen LogP contribution in [0, 0.1) is 0 Å². The van der Waals surface area contributed by atoms with E-state index in [1.165, 1.54) is 16.8 Å². The van der Waals surface area contributed by atoms with Crippen LogP contribution in [0.5, 0.6) is 0 Å². The minimum absolute atomic E-state index is 0.421. The predicted octanol–water partition coefficient (Wildman–Crippen LogP) is 3.02. The standard InChI is InChI=1S/C15H21N3/c1-12(2)18-11-17-10-15(18)14-8-4-3-6-13(14)7-5-9-16/h3-4,6,8,10-12H,5,7,9,16H2,1-2H3. The van der Waals surface area contributed by atoms with Gasteiger partial charge >= 0.3 is 0 Å². The molecule has 1 aromatic heterocycles. The second-order valence-corrected chi connectivity index (χ2v) is 4.83. The normalized spacial score (nSPS) is 11.1. The van der Waals surface area contributed by atoms with Crippen molar-refractivity contribution >= 4 is 0 Å². The van der Waals surface area contributed by atoms with E-state index in [1.807, 2.05) is 12.5 Å². The second-order valence-electron chi connectivity index (χ2n) is 4.83. The summed E-state index contributed by atoms with van der Waals surface area (Å²) in [5.74, 6) is 0. The largest absolute Gasteiger partial charge is 0.330 e. The van der Waals surface area contributed by atoms with Crippen molar-refractivity contribution in [3.8, 4) is 11.3 Å². The smallest absolute Gasteiger partial charge is 0.0953 e. The topological polar surface area (TPSA) is 43.8 Å². The molecule has 3 heteroatoms. The summed E-state index contributed by atoms with van der Waals surface area (Å²) in [5.41, 5.74) is 9.43. The highest BCUT2D eigenvalue weighted by Gasteiger charge is 2.10. The van der Waals surface area contributed by atoms with Crippen molar-refractivity contribution in [2.45, 2.75) is 32.7 Å². The van der Waals surface area contributed by atoms with Crippen molar-refractivity contribution in [2.75, 3.05) is 6.54 Å². The van der Waals surface area contributed by atoms with Gasteiger partial charge in [-0.05, 0) is 38.8 Å². The molecule has 0 saturated heterocycles. The van der Waals surface area contributed by atoms with Gasteiger partial charge in [-0.15, -0.1) is 0 Å². The summed E-state index contributed by atoms with van der Waals surface area (Å²) in [7, 11) is 0. The van der Waals surface area contributed by atoms with Gasteiger partial charge in [0, 0.05) is 11.6 Å². The molecule has 0 unspecified atom stereocenters. The Morgan fingerprint density at radius 2 is 2.06 bits per heavy atom. The predicted molar refractivity (Wildman–Crippen MR) is 75.4 cm³/mol. The first-order valence-corrected chi connectivity index (χ1v) is 6.54. The third-order valence-corrected chi connectivity index (χ3v) is 3.17. The molecule has 0 fully saturated rings. The number of nitrogens with zero attached hydrogens (tertiary/aromatic N) is 2. The first kappa shape index (κ1) is 12.8. The van der Waals surface area contributed by atoms with E-state index < -0.39 is 0 Å². The quantitative estimate of drug-likeness (QED) is 0.877. The van der Waals surface area contributed by atoms with Crippen LogP contribution < -0.4 is 5.73 Å². The number of imidazole rings is 1. The molecule has 1 aromatic carbocycles. The molecule has 96 valence electrons. The van der Waals surface area contributed by atoms with Gasteiger partial charge in [-0.25, -0.2) is 4.98 Å². The second kappa shape index (κ2) is 5.83. The molecule has 0 atom stereocenters. The highest BCUT2D eigenvalue weighted by Crippen LogP contribution is 2.26. The van der Waals surface area contributed by atoms with Crippen LogP contribution in [0.2, 0.25) is 0 Å². The number of aryl methyl sites for hydroxylation is 1. The van der Waals surface area contributed by atoms with Gasteiger partial charge in [0.05, 0.1) is 18.2 Å². The molecule has 0 radical (unpaired) electrons. The minimum Gasteiger partial charge on any atom is -0.330 e. The first-order valence-electron chi connectivity index (χ1n) is 6.54. The van der Waals surface area contributed by atoms with Gasteiger partial charge in [0.1, 0.15) is 0 Å². The van der Waals surface area contributed by atoms with Gasteiger partial charge in [-0.2, -0.15) is 0 Å². The van der Waals surface area contributed by atoms with E-state index in [-0.39, 0.29) is 0 Å². The van der Waals surface area contributed by atoms with E-state index in [0.29, 0.717) is 6.04 Å². The molecule has 0 spiro atoms. The third-order valence-electron chi connectivity index (χ3n) is 3.17. The highest BCUT2D eigenvalue weighted by atomic mass is 15.1. The number of hydrogen-bond acceptors (Lipinski definition) is 2. The average Bonchev–Trinajstić information content (AvgIpc) is 2.86. The number of hydrogen-bond donors (Lipinski definition) is 1. The summed E-state index contributed by atoms with van der Waals surface area (Å²) in [5, 5.41) is 0. The molecule has 0 amide bonds. The summed E-state index contributed by atoms with van der Waals surface area (Å²) in [6.07, 6.45) is 5.89. The van der Waals surface area contributed by atoms with Crippen molar-refractivity contribution in [2.24, 2.45) is 5.73 Å². The van der Waals surface area contributed by atoms with Crippen molar-refractivity contribution in [3.05, 3.63) is 42.4 Å². The van der Waals surface area contributed by atoms with E-state index in [0.717, 1.165) is 19.4 Å². The Hall–Kier alpha value is -1.61. The van der Waals surface area contributed by atoms with Crippen LogP contribution in [0.15, 0.2) is 36.8 Å². The van der Waals surface area contributed by atoms with Crippen molar-refractivity contribution < 1.29 is 0 Å². The number of rotatable bonds is 5. The van der Waals surface area contributed by atoms with Gasteiger partial charge in [0.25, 0.3) is 0 Å². The Kier molecular flexibility index (Phi) is 4.15. The van der Waals surface area contributed by atoms with E-state index in [2.05, 4.69) is 47.7 Å². The maximum Gasteiger partial charge on any atom is 0.0953 e. The molecule has 2 rings (SSSR count). The van der Waals surface area contributed by atoms with E-state index in [1.54, 1.807) is 0 Å². The van der Waals surface area contributed by atoms with Gasteiger partial charge in [0.2, 0.25) is 0 Å². The molecule has 2 N–H and O–H groups in total. The fourth-order valence-electron chi connectivity index (χ4n) is 2.21. The zero-order valence-electron chi connectivity index (χ0n) is 11.1. The van der Waals surface area contributed by atoms with Crippen LogP contribution in [0.3, 0.4) is 0 Å². The van der Waals surface area contributed by atoms with Crippen molar-refractivity contribution in [1.82, 2.24) is 9.55 Å². The molecule has 18 heavy (non-hydrogen) atoms. The Bertz CT molecular complexity index is 500. The van der Waals surface area contributed by atoms with E-state index in [4.69, 9.17) is 5.73 Å². The van der Waals surface area contributed by atoms with Gasteiger partial charge in [-0.3, -0.25) is 0 Å².